The molecule has 1 fully saturated rings. The lowest BCUT2D eigenvalue weighted by atomic mass is 9.90. The van der Waals surface area contributed by atoms with Gasteiger partial charge in [0.15, 0.2) is 5.13 Å². The van der Waals surface area contributed by atoms with Crippen LogP contribution in [0, 0.1) is 18.8 Å². The minimum Gasteiger partial charge on any atom is -0.274 e. The summed E-state index contributed by atoms with van der Waals surface area (Å²) >= 11 is 1.31. The lowest BCUT2D eigenvalue weighted by Crippen LogP contribution is -2.30. The fourth-order valence-corrected chi connectivity index (χ4v) is 3.27. The van der Waals surface area contributed by atoms with Gasteiger partial charge in [-0.1, -0.05) is 36.8 Å². The van der Waals surface area contributed by atoms with Crippen LogP contribution < -0.4 is 4.90 Å². The topological polar surface area (TPSA) is 50.3 Å². The second-order valence-electron chi connectivity index (χ2n) is 5.41. The molecule has 2 aromatic rings. The Balaban J connectivity index is 1.85. The zero-order valence-corrected chi connectivity index (χ0v) is 12.8. The Morgan fingerprint density at radius 1 is 1.19 bits per heavy atom. The van der Waals surface area contributed by atoms with E-state index in [1.807, 2.05) is 38.1 Å². The van der Waals surface area contributed by atoms with Crippen molar-refractivity contribution in [3.8, 4) is 0 Å². The Hall–Kier alpha value is -2.01. The SMILES string of the molecule is Cc1ccc(C[C@H]2C(=O)N(c3nccs3)C(=O)[C@H]2C)cc1. The number of thiazole rings is 1. The standard InChI is InChI=1S/C16H16N2O2S/c1-10-3-5-12(6-4-10)9-13-11(2)14(19)18(15(13)20)16-17-7-8-21-16/h3-8,11,13H,9H2,1-2H3/t11-,13+/m0/s1. The van der Waals surface area contributed by atoms with Gasteiger partial charge in [-0.2, -0.15) is 0 Å². The van der Waals surface area contributed by atoms with Crippen LogP contribution in [0.5, 0.6) is 0 Å². The molecule has 108 valence electrons. The molecular formula is C16H16N2O2S. The van der Waals surface area contributed by atoms with Gasteiger partial charge in [-0.25, -0.2) is 9.88 Å². The Kier molecular flexibility index (Phi) is 3.59. The van der Waals surface area contributed by atoms with Crippen molar-refractivity contribution in [1.82, 2.24) is 4.98 Å². The van der Waals surface area contributed by atoms with Gasteiger partial charge in [-0.3, -0.25) is 9.59 Å². The van der Waals surface area contributed by atoms with E-state index in [9.17, 15) is 9.59 Å². The maximum absolute atomic E-state index is 12.6. The Morgan fingerprint density at radius 3 is 2.52 bits per heavy atom. The molecule has 0 spiro atoms. The molecular weight excluding hydrogens is 284 g/mol. The van der Waals surface area contributed by atoms with Crippen molar-refractivity contribution in [2.45, 2.75) is 20.3 Å². The first-order valence-electron chi connectivity index (χ1n) is 6.91. The van der Waals surface area contributed by atoms with Gasteiger partial charge in [0.25, 0.3) is 0 Å². The van der Waals surface area contributed by atoms with Crippen molar-refractivity contribution in [3.05, 3.63) is 47.0 Å². The molecule has 1 aliphatic rings. The highest BCUT2D eigenvalue weighted by molar-refractivity contribution is 7.14. The molecule has 0 radical (unpaired) electrons. The molecule has 1 aromatic heterocycles. The van der Waals surface area contributed by atoms with Crippen molar-refractivity contribution >= 4 is 28.3 Å². The third-order valence-electron chi connectivity index (χ3n) is 3.94. The number of hydrogen-bond acceptors (Lipinski definition) is 4. The largest absolute Gasteiger partial charge is 0.274 e. The molecule has 1 aliphatic heterocycles. The van der Waals surface area contributed by atoms with Crippen LogP contribution in [-0.2, 0) is 16.0 Å². The second kappa shape index (κ2) is 5.41. The minimum absolute atomic E-state index is 0.136. The normalized spacial score (nSPS) is 22.1. The Morgan fingerprint density at radius 2 is 1.90 bits per heavy atom. The summed E-state index contributed by atoms with van der Waals surface area (Å²) in [5, 5.41) is 2.25. The summed E-state index contributed by atoms with van der Waals surface area (Å²) in [5.41, 5.74) is 2.27. The van der Waals surface area contributed by atoms with Gasteiger partial charge in [-0.15, -0.1) is 11.3 Å². The number of imide groups is 1. The van der Waals surface area contributed by atoms with Crippen LogP contribution in [0.15, 0.2) is 35.8 Å². The van der Waals surface area contributed by atoms with E-state index < -0.39 is 0 Å². The number of amides is 2. The van der Waals surface area contributed by atoms with Gasteiger partial charge >= 0.3 is 0 Å². The number of rotatable bonds is 3. The van der Waals surface area contributed by atoms with Gasteiger partial charge in [0, 0.05) is 17.5 Å². The molecule has 21 heavy (non-hydrogen) atoms. The number of carbonyl (C=O) groups is 2. The molecule has 5 heteroatoms. The van der Waals surface area contributed by atoms with Crippen LogP contribution in [0.3, 0.4) is 0 Å². The van der Waals surface area contributed by atoms with Crippen molar-refractivity contribution in [2.24, 2.45) is 11.8 Å². The molecule has 0 bridgehead atoms. The molecule has 0 N–H and O–H groups in total. The van der Waals surface area contributed by atoms with Crippen molar-refractivity contribution in [2.75, 3.05) is 4.90 Å². The first-order valence-corrected chi connectivity index (χ1v) is 7.78. The third-order valence-corrected chi connectivity index (χ3v) is 4.69. The Bertz CT molecular complexity index is 664. The van der Waals surface area contributed by atoms with Crippen molar-refractivity contribution in [1.29, 1.82) is 0 Å². The molecule has 2 amide bonds. The van der Waals surface area contributed by atoms with Gasteiger partial charge < -0.3 is 0 Å². The summed E-state index contributed by atoms with van der Waals surface area (Å²) in [7, 11) is 0. The number of nitrogens with zero attached hydrogens (tertiary/aromatic N) is 2. The molecule has 4 nitrogen and oxygen atoms in total. The molecule has 3 rings (SSSR count). The van der Waals surface area contributed by atoms with Crippen LogP contribution in [0.25, 0.3) is 0 Å². The van der Waals surface area contributed by atoms with E-state index in [-0.39, 0.29) is 23.7 Å². The van der Waals surface area contributed by atoms with E-state index >= 15 is 0 Å². The quantitative estimate of drug-likeness (QED) is 0.819. The fraction of sp³-hybridized carbons (Fsp3) is 0.312. The van der Waals surface area contributed by atoms with Crippen LogP contribution in [-0.4, -0.2) is 16.8 Å². The molecule has 2 heterocycles. The summed E-state index contributed by atoms with van der Waals surface area (Å²) in [6, 6.07) is 8.09. The van der Waals surface area contributed by atoms with Gasteiger partial charge in [0.1, 0.15) is 0 Å². The monoisotopic (exact) mass is 300 g/mol. The molecule has 1 aromatic carbocycles. The van der Waals surface area contributed by atoms with Crippen LogP contribution in [0.1, 0.15) is 18.1 Å². The fourth-order valence-electron chi connectivity index (χ4n) is 2.62. The zero-order valence-electron chi connectivity index (χ0n) is 11.9. The maximum atomic E-state index is 12.6. The molecule has 2 atom stereocenters. The number of hydrogen-bond donors (Lipinski definition) is 0. The average Bonchev–Trinajstić information content (AvgIpc) is 3.05. The van der Waals surface area contributed by atoms with Gasteiger partial charge in [-0.05, 0) is 18.9 Å². The predicted octanol–water partition coefficient (Wildman–Crippen LogP) is 2.82. The number of carbonyl (C=O) groups excluding carboxylic acids is 2. The van der Waals surface area contributed by atoms with E-state index in [1.165, 1.54) is 21.8 Å². The van der Waals surface area contributed by atoms with Gasteiger partial charge in [0.05, 0.1) is 5.92 Å². The number of benzene rings is 1. The summed E-state index contributed by atoms with van der Waals surface area (Å²) in [6.07, 6.45) is 2.20. The molecule has 0 aliphatic carbocycles. The van der Waals surface area contributed by atoms with E-state index in [0.717, 1.165) is 5.56 Å². The van der Waals surface area contributed by atoms with Crippen molar-refractivity contribution < 1.29 is 9.59 Å². The second-order valence-corrected chi connectivity index (χ2v) is 6.28. The zero-order chi connectivity index (χ0) is 15.0. The first kappa shape index (κ1) is 13.9. The summed E-state index contributed by atoms with van der Waals surface area (Å²) < 4.78 is 0. The highest BCUT2D eigenvalue weighted by atomic mass is 32.1. The van der Waals surface area contributed by atoms with Crippen molar-refractivity contribution in [3.63, 3.8) is 0 Å². The summed E-state index contributed by atoms with van der Waals surface area (Å²) in [4.78, 5) is 30.2. The van der Waals surface area contributed by atoms with E-state index in [4.69, 9.17) is 0 Å². The third kappa shape index (κ3) is 2.49. The number of aromatic nitrogens is 1. The Labute approximate surface area is 127 Å². The molecule has 0 saturated carbocycles. The van der Waals surface area contributed by atoms with Crippen LogP contribution in [0.2, 0.25) is 0 Å². The minimum atomic E-state index is -0.303. The van der Waals surface area contributed by atoms with E-state index in [1.54, 1.807) is 11.6 Å². The summed E-state index contributed by atoms with van der Waals surface area (Å²) in [6.45, 7) is 3.85. The van der Waals surface area contributed by atoms with E-state index in [2.05, 4.69) is 4.98 Å². The smallest absolute Gasteiger partial charge is 0.239 e. The lowest BCUT2D eigenvalue weighted by molar-refractivity contribution is -0.122. The summed E-state index contributed by atoms with van der Waals surface area (Å²) in [5.74, 6) is -0.887. The maximum Gasteiger partial charge on any atom is 0.239 e. The van der Waals surface area contributed by atoms with E-state index in [0.29, 0.717) is 11.6 Å². The highest BCUT2D eigenvalue weighted by Crippen LogP contribution is 2.33. The van der Waals surface area contributed by atoms with Crippen LogP contribution in [0.4, 0.5) is 5.13 Å². The number of anilines is 1. The van der Waals surface area contributed by atoms with Crippen LogP contribution >= 0.6 is 11.3 Å². The average molecular weight is 300 g/mol. The molecule has 0 unspecified atom stereocenters. The highest BCUT2D eigenvalue weighted by Gasteiger charge is 2.46. The molecule has 1 saturated heterocycles. The number of aryl methyl sites for hydroxylation is 1. The predicted molar refractivity (Wildman–Crippen MR) is 82.1 cm³/mol. The lowest BCUT2D eigenvalue weighted by Gasteiger charge is -2.12. The first-order chi connectivity index (χ1) is 10.1. The van der Waals surface area contributed by atoms with Gasteiger partial charge in [0.2, 0.25) is 11.8 Å².